The molecular weight excluding hydrogens is 401 g/mol. The average Bonchev–Trinajstić information content (AvgIpc) is 2.91. The normalized spacial score (nSPS) is 41.9. The Morgan fingerprint density at radius 1 is 1.31 bits per heavy atom. The molecule has 0 aliphatic carbocycles. The highest BCUT2D eigenvalue weighted by Crippen LogP contribution is 2.35. The van der Waals surface area contributed by atoms with Crippen molar-refractivity contribution in [3.63, 3.8) is 0 Å². The van der Waals surface area contributed by atoms with Gasteiger partial charge in [0.25, 0.3) is 0 Å². The fourth-order valence-corrected chi connectivity index (χ4v) is 5.71. The first-order valence-corrected chi connectivity index (χ1v) is 12.1. The van der Waals surface area contributed by atoms with Gasteiger partial charge in [0.2, 0.25) is 5.91 Å². The van der Waals surface area contributed by atoms with E-state index in [0.717, 1.165) is 19.1 Å². The van der Waals surface area contributed by atoms with Crippen molar-refractivity contribution in [2.45, 2.75) is 68.5 Å². The number of carbonyl (C=O) groups excluding carboxylic acids is 1. The Morgan fingerprint density at radius 2 is 2.07 bits per heavy atom. The van der Waals surface area contributed by atoms with Crippen LogP contribution in [0.4, 0.5) is 4.39 Å². The molecule has 1 amide bonds. The van der Waals surface area contributed by atoms with Gasteiger partial charge in [-0.1, -0.05) is 6.08 Å². The Hall–Kier alpha value is -1.11. The topological polar surface area (TPSA) is 114 Å². The van der Waals surface area contributed by atoms with Gasteiger partial charge in [-0.05, 0) is 39.0 Å². The zero-order chi connectivity index (χ0) is 21.0. The summed E-state index contributed by atoms with van der Waals surface area (Å²) in [6.45, 7) is 1.76. The fraction of sp³-hybridized carbons (Fsp3) is 0.833. The Labute approximate surface area is 170 Å². The Morgan fingerprint density at radius 3 is 2.79 bits per heavy atom. The molecule has 6 unspecified atom stereocenters. The van der Waals surface area contributed by atoms with Crippen molar-refractivity contribution in [2.75, 3.05) is 19.3 Å². The number of rotatable bonds is 1. The van der Waals surface area contributed by atoms with E-state index in [1.54, 1.807) is 11.9 Å². The number of nitrogens with one attached hydrogen (secondary N) is 3. The van der Waals surface area contributed by atoms with Crippen molar-refractivity contribution in [1.29, 1.82) is 0 Å². The average molecular weight is 432 g/mol. The number of hydrazine groups is 1. The molecular formula is C18H30FN5O4S. The highest BCUT2D eigenvalue weighted by Gasteiger charge is 2.54. The van der Waals surface area contributed by atoms with Gasteiger partial charge in [-0.3, -0.25) is 25.8 Å². The molecule has 0 spiro atoms. The first kappa shape index (κ1) is 21.1. The number of hydrogen-bond acceptors (Lipinski definition) is 8. The van der Waals surface area contributed by atoms with Gasteiger partial charge in [-0.15, -0.1) is 0 Å². The highest BCUT2D eigenvalue weighted by molar-refractivity contribution is 7.91. The Kier molecular flexibility index (Phi) is 5.50. The fourth-order valence-electron chi connectivity index (χ4n) is 4.93. The molecule has 3 fully saturated rings. The summed E-state index contributed by atoms with van der Waals surface area (Å²) in [4.78, 5) is 13.1. The van der Waals surface area contributed by atoms with Crippen LogP contribution >= 0.6 is 0 Å². The number of hydrogen-bond donors (Lipinski definition) is 4. The van der Waals surface area contributed by atoms with Crippen LogP contribution in [-0.2, 0) is 14.6 Å². The third-order valence-electron chi connectivity index (χ3n) is 6.54. The largest absolute Gasteiger partial charge is 0.389 e. The van der Waals surface area contributed by atoms with Crippen LogP contribution in [0.15, 0.2) is 11.9 Å². The maximum atomic E-state index is 14.6. The smallest absolute Gasteiger partial charge is 0.244 e. The summed E-state index contributed by atoms with van der Waals surface area (Å²) < 4.78 is 38.8. The molecule has 0 aromatic heterocycles. The van der Waals surface area contributed by atoms with Gasteiger partial charge < -0.3 is 5.11 Å². The molecule has 164 valence electrons. The van der Waals surface area contributed by atoms with Gasteiger partial charge in [-0.25, -0.2) is 12.8 Å². The lowest BCUT2D eigenvalue weighted by molar-refractivity contribution is -0.147. The lowest BCUT2D eigenvalue weighted by Crippen LogP contribution is -2.69. The monoisotopic (exact) mass is 431 g/mol. The molecule has 6 atom stereocenters. The molecule has 2 bridgehead atoms. The van der Waals surface area contributed by atoms with Crippen LogP contribution < -0.4 is 16.0 Å². The summed E-state index contributed by atoms with van der Waals surface area (Å²) in [5.41, 5.74) is -1.98. The number of carbonyl (C=O) groups is 1. The maximum absolute atomic E-state index is 14.6. The molecule has 0 aromatic rings. The predicted octanol–water partition coefficient (Wildman–Crippen LogP) is -0.625. The van der Waals surface area contributed by atoms with Crippen molar-refractivity contribution in [2.24, 2.45) is 5.92 Å². The number of piperidine rings is 1. The van der Waals surface area contributed by atoms with Crippen LogP contribution in [0.2, 0.25) is 0 Å². The van der Waals surface area contributed by atoms with Gasteiger partial charge >= 0.3 is 0 Å². The van der Waals surface area contributed by atoms with Crippen molar-refractivity contribution in [1.82, 2.24) is 26.0 Å². The Balaban J connectivity index is 1.70. The number of sulfone groups is 1. The molecule has 0 saturated carbocycles. The molecule has 11 heteroatoms. The lowest BCUT2D eigenvalue weighted by atomic mass is 9.85. The van der Waals surface area contributed by atoms with Gasteiger partial charge in [-0.2, -0.15) is 5.01 Å². The number of halogens is 1. The summed E-state index contributed by atoms with van der Waals surface area (Å²) in [5.74, 6) is -1.19. The van der Waals surface area contributed by atoms with Crippen LogP contribution in [-0.4, -0.2) is 78.3 Å². The highest BCUT2D eigenvalue weighted by atomic mass is 32.2. The zero-order valence-electron chi connectivity index (χ0n) is 16.8. The summed E-state index contributed by atoms with van der Waals surface area (Å²) in [7, 11) is -3.43. The SMILES string of the molecule is CC1(O)CCC=C(F)CN2C(=O)C3CNC(S(C)(=O)=O)NC3N2C2CCCC1N2. The van der Waals surface area contributed by atoms with E-state index in [4.69, 9.17) is 0 Å². The number of fused-ring (bicyclic) bond motifs is 6. The van der Waals surface area contributed by atoms with Crippen LogP contribution in [0.3, 0.4) is 0 Å². The number of allylic oxidation sites excluding steroid dienone is 1. The molecule has 4 rings (SSSR count). The van der Waals surface area contributed by atoms with Gasteiger partial charge in [0, 0.05) is 18.8 Å². The minimum Gasteiger partial charge on any atom is -0.389 e. The van der Waals surface area contributed by atoms with Gasteiger partial charge in [0.05, 0.1) is 30.4 Å². The van der Waals surface area contributed by atoms with Crippen LogP contribution in [0.25, 0.3) is 0 Å². The second kappa shape index (κ2) is 7.54. The molecule has 3 saturated heterocycles. The zero-order valence-corrected chi connectivity index (χ0v) is 17.6. The van der Waals surface area contributed by atoms with E-state index in [9.17, 15) is 22.7 Å². The predicted molar refractivity (Wildman–Crippen MR) is 104 cm³/mol. The molecule has 0 radical (unpaired) electrons. The third-order valence-corrected chi connectivity index (χ3v) is 7.70. The van der Waals surface area contributed by atoms with Gasteiger partial charge in [0.1, 0.15) is 5.83 Å². The Bertz CT molecular complexity index is 804. The molecule has 0 aromatic carbocycles. The van der Waals surface area contributed by atoms with E-state index in [1.165, 1.54) is 11.1 Å². The van der Waals surface area contributed by atoms with Crippen molar-refractivity contribution < 1.29 is 22.7 Å². The first-order valence-electron chi connectivity index (χ1n) is 10.2. The number of aliphatic hydroxyl groups is 1. The minimum atomic E-state index is -3.43. The van der Waals surface area contributed by atoms with Crippen LogP contribution in [0.1, 0.15) is 39.0 Å². The van der Waals surface area contributed by atoms with E-state index >= 15 is 0 Å². The molecule has 4 N–H and O–H groups in total. The van der Waals surface area contributed by atoms with Crippen molar-refractivity contribution in [3.8, 4) is 0 Å². The summed E-state index contributed by atoms with van der Waals surface area (Å²) >= 11 is 0. The molecule has 29 heavy (non-hydrogen) atoms. The van der Waals surface area contributed by atoms with Crippen LogP contribution in [0.5, 0.6) is 0 Å². The number of nitrogens with zero attached hydrogens (tertiary/aromatic N) is 2. The summed E-state index contributed by atoms with van der Waals surface area (Å²) in [6.07, 6.45) is 4.83. The standard InChI is InChI=1S/C18H30FN5O4S/c1-18(26)8-4-5-11(19)10-23-16(25)12-9-20-17(29(2,27)28)22-15(12)24(23)14-7-3-6-13(18)21-14/h5,12-15,17,20-22,26H,3-4,6-10H2,1-2H3. The molecule has 4 aliphatic heterocycles. The summed E-state index contributed by atoms with van der Waals surface area (Å²) in [5, 5.41) is 23.5. The van der Waals surface area contributed by atoms with Crippen molar-refractivity contribution >= 4 is 15.7 Å². The van der Waals surface area contributed by atoms with E-state index in [-0.39, 0.29) is 31.2 Å². The second-order valence-electron chi connectivity index (χ2n) is 8.82. The lowest BCUT2D eigenvalue weighted by Gasteiger charge is -2.47. The number of amides is 1. The van der Waals surface area contributed by atoms with Crippen LogP contribution in [0, 0.1) is 5.92 Å². The molecule has 4 aliphatic rings. The first-order chi connectivity index (χ1) is 13.6. The van der Waals surface area contributed by atoms with E-state index < -0.39 is 38.8 Å². The third kappa shape index (κ3) is 3.96. The van der Waals surface area contributed by atoms with E-state index in [2.05, 4.69) is 16.0 Å². The van der Waals surface area contributed by atoms with E-state index in [1.807, 2.05) is 0 Å². The quantitative estimate of drug-likeness (QED) is 0.434. The molecule has 4 heterocycles. The maximum Gasteiger partial charge on any atom is 0.244 e. The summed E-state index contributed by atoms with van der Waals surface area (Å²) in [6, 6.07) is -0.195. The van der Waals surface area contributed by atoms with Crippen molar-refractivity contribution in [3.05, 3.63) is 11.9 Å². The molecule has 9 nitrogen and oxygen atoms in total. The van der Waals surface area contributed by atoms with E-state index in [0.29, 0.717) is 19.3 Å². The minimum absolute atomic E-state index is 0.192. The van der Waals surface area contributed by atoms with Gasteiger partial charge in [0.15, 0.2) is 15.3 Å². The second-order valence-corrected chi connectivity index (χ2v) is 11.0.